The number of nitrogens with one attached hydrogen (secondary N) is 1. The third kappa shape index (κ3) is 7.22. The van der Waals surface area contributed by atoms with Gasteiger partial charge in [0.2, 0.25) is 17.7 Å². The molecule has 0 unspecified atom stereocenters. The van der Waals surface area contributed by atoms with Crippen LogP contribution in [0.3, 0.4) is 0 Å². The number of carbonyl (C=O) groups excluding carboxylic acids is 4. The molecule has 1 N–H and O–H groups in total. The van der Waals surface area contributed by atoms with Crippen molar-refractivity contribution in [2.24, 2.45) is 16.7 Å². The van der Waals surface area contributed by atoms with Gasteiger partial charge in [-0.1, -0.05) is 33.6 Å². The van der Waals surface area contributed by atoms with Crippen molar-refractivity contribution in [2.45, 2.75) is 104 Å². The van der Waals surface area contributed by atoms with Crippen LogP contribution in [0.2, 0.25) is 0 Å². The minimum Gasteiger partial charge on any atom is -0.345 e. The van der Waals surface area contributed by atoms with E-state index in [0.29, 0.717) is 40.8 Å². The number of carbonyl (C=O) groups is 4. The zero-order valence-corrected chi connectivity index (χ0v) is 31.9. The first-order chi connectivity index (χ1) is 25.9. The highest BCUT2D eigenvalue weighted by molar-refractivity contribution is 6.07. The first-order valence-corrected chi connectivity index (χ1v) is 18.7. The minimum atomic E-state index is -4.50. The summed E-state index contributed by atoms with van der Waals surface area (Å²) in [7, 11) is 1.76. The lowest BCUT2D eigenvalue weighted by atomic mass is 9.84. The number of hydrogen-bond donors (Lipinski definition) is 1. The molecular weight excluding hydrogens is 715 g/mol. The summed E-state index contributed by atoms with van der Waals surface area (Å²) in [6, 6.07) is 3.78. The van der Waals surface area contributed by atoms with Crippen LogP contribution in [0.15, 0.2) is 36.8 Å². The van der Waals surface area contributed by atoms with Crippen LogP contribution in [0.1, 0.15) is 81.7 Å². The molecule has 7 rings (SSSR count). The molecule has 16 heteroatoms. The smallest absolute Gasteiger partial charge is 0.345 e. The van der Waals surface area contributed by atoms with Gasteiger partial charge < -0.3 is 15.1 Å². The van der Waals surface area contributed by atoms with Crippen molar-refractivity contribution < 1.29 is 32.3 Å². The Kier molecular flexibility index (Phi) is 9.61. The van der Waals surface area contributed by atoms with Gasteiger partial charge >= 0.3 is 6.18 Å². The van der Waals surface area contributed by atoms with E-state index in [0.717, 1.165) is 42.1 Å². The summed E-state index contributed by atoms with van der Waals surface area (Å²) in [6.07, 6.45) is 4.06. The molecule has 0 spiro atoms. The van der Waals surface area contributed by atoms with E-state index in [1.165, 1.54) is 13.0 Å². The van der Waals surface area contributed by atoms with Crippen LogP contribution in [-0.4, -0.2) is 94.7 Å². The van der Waals surface area contributed by atoms with E-state index < -0.39 is 47.4 Å². The first-order valence-electron chi connectivity index (χ1n) is 18.7. The largest absolute Gasteiger partial charge is 0.408 e. The lowest BCUT2D eigenvalue weighted by Gasteiger charge is -2.32. The second kappa shape index (κ2) is 13.9. The average molecular weight is 762 g/mol. The molecule has 13 nitrogen and oxygen atoms in total. The zero-order valence-electron chi connectivity index (χ0n) is 31.9. The van der Waals surface area contributed by atoms with Gasteiger partial charge in [-0.2, -0.15) is 23.4 Å². The van der Waals surface area contributed by atoms with Crippen molar-refractivity contribution in [2.75, 3.05) is 18.9 Å². The van der Waals surface area contributed by atoms with Gasteiger partial charge in [0, 0.05) is 73.0 Å². The van der Waals surface area contributed by atoms with Crippen LogP contribution in [0.25, 0.3) is 22.0 Å². The number of aromatic nitrogens is 6. The second-order valence-corrected chi connectivity index (χ2v) is 16.2. The van der Waals surface area contributed by atoms with E-state index in [9.17, 15) is 32.3 Å². The molecule has 1 saturated heterocycles. The number of halogens is 3. The van der Waals surface area contributed by atoms with E-state index in [-0.39, 0.29) is 42.1 Å². The molecule has 3 aromatic heterocycles. The number of ketones is 1. The average Bonchev–Trinajstić information content (AvgIpc) is 3.53. The Bertz CT molecular complexity index is 2180. The Morgan fingerprint density at radius 3 is 2.45 bits per heavy atom. The standard InChI is InChI=1S/C39H46F3N9O4/c1-22-34-38(22)16-29(35(54)45-30-11-13-49(46-30)21-39(40,41)42)51(34)31(53)19-50-33-25(10-8-7-9-12-37(4,5)36(55)48(6)20-38)14-26(27-17-43-24(3)44-18-27)15-28(33)32(47-50)23(2)52/h11,13-15,17-18,22,29,34H,7-10,12,16,19-21H2,1-6H3,(H,45,46,54)/t22-,29-,34+,38+/m0/s1. The molecule has 3 aliphatic rings. The van der Waals surface area contributed by atoms with Crippen LogP contribution < -0.4 is 5.32 Å². The van der Waals surface area contributed by atoms with Crippen molar-refractivity contribution in [3.63, 3.8) is 0 Å². The van der Waals surface area contributed by atoms with Crippen molar-refractivity contribution in [3.8, 4) is 11.1 Å². The second-order valence-electron chi connectivity index (χ2n) is 16.2. The number of hydrogen-bond acceptors (Lipinski definition) is 8. The monoisotopic (exact) mass is 761 g/mol. The minimum absolute atomic E-state index is 0.0170. The Morgan fingerprint density at radius 2 is 1.76 bits per heavy atom. The van der Waals surface area contributed by atoms with E-state index in [2.05, 4.69) is 20.4 Å². The van der Waals surface area contributed by atoms with Gasteiger partial charge in [-0.15, -0.1) is 0 Å². The summed E-state index contributed by atoms with van der Waals surface area (Å²) < 4.78 is 41.4. The van der Waals surface area contributed by atoms with Crippen molar-refractivity contribution in [1.29, 1.82) is 0 Å². The molecule has 5 heterocycles. The summed E-state index contributed by atoms with van der Waals surface area (Å²) >= 11 is 0. The van der Waals surface area contributed by atoms with Crippen LogP contribution in [0.5, 0.6) is 0 Å². The predicted octanol–water partition coefficient (Wildman–Crippen LogP) is 5.61. The molecule has 1 saturated carbocycles. The van der Waals surface area contributed by atoms with Gasteiger partial charge in [0.1, 0.15) is 30.6 Å². The number of piperidine rings is 1. The number of alkyl halides is 3. The third-order valence-corrected chi connectivity index (χ3v) is 11.8. The lowest BCUT2D eigenvalue weighted by Crippen LogP contribution is -2.47. The predicted molar refractivity (Wildman–Crippen MR) is 197 cm³/mol. The van der Waals surface area contributed by atoms with Crippen molar-refractivity contribution in [1.82, 2.24) is 39.3 Å². The number of Topliss-reactive ketones (excluding diaryl/α,β-unsaturated/α-hetero) is 1. The molecule has 4 aromatic rings. The molecule has 55 heavy (non-hydrogen) atoms. The molecule has 3 amide bonds. The maximum absolute atomic E-state index is 14.7. The molecule has 1 aromatic carbocycles. The number of anilines is 1. The van der Waals surface area contributed by atoms with E-state index in [1.807, 2.05) is 32.9 Å². The van der Waals surface area contributed by atoms with Crippen molar-refractivity contribution in [3.05, 3.63) is 53.9 Å². The van der Waals surface area contributed by atoms with Crippen LogP contribution in [-0.2, 0) is 33.9 Å². The molecule has 2 aliphatic heterocycles. The summed E-state index contributed by atoms with van der Waals surface area (Å²) in [4.78, 5) is 67.8. The number of amides is 3. The molecule has 1 aliphatic carbocycles. The summed E-state index contributed by atoms with van der Waals surface area (Å²) in [5.41, 5.74) is 2.09. The Balaban J connectivity index is 1.30. The lowest BCUT2D eigenvalue weighted by molar-refractivity contribution is -0.142. The topological polar surface area (TPSA) is 148 Å². The Hall–Kier alpha value is -5.15. The summed E-state index contributed by atoms with van der Waals surface area (Å²) in [5.74, 6) is -0.785. The highest BCUT2D eigenvalue weighted by Crippen LogP contribution is 2.64. The molecule has 0 radical (unpaired) electrons. The number of benzene rings is 1. The van der Waals surface area contributed by atoms with Crippen LogP contribution in [0.4, 0.5) is 19.0 Å². The molecular formula is C39H46F3N9O4. The number of nitrogens with zero attached hydrogens (tertiary/aromatic N) is 8. The highest BCUT2D eigenvalue weighted by atomic mass is 19.4. The fourth-order valence-corrected chi connectivity index (χ4v) is 8.99. The van der Waals surface area contributed by atoms with Crippen LogP contribution in [0, 0.1) is 23.7 Å². The van der Waals surface area contributed by atoms with Gasteiger partial charge in [0.05, 0.1) is 5.52 Å². The first kappa shape index (κ1) is 38.1. The van der Waals surface area contributed by atoms with E-state index in [1.54, 1.807) is 40.8 Å². The van der Waals surface area contributed by atoms with Gasteiger partial charge in [0.25, 0.3) is 0 Å². The maximum Gasteiger partial charge on any atom is 0.408 e. The Morgan fingerprint density at radius 1 is 1.04 bits per heavy atom. The Labute approximate surface area is 316 Å². The SMILES string of the molecule is CC(=O)c1nn2c3c(cc(-c4cnc(C)nc4)cc13)CCCCCC(C)(C)C(=O)N(C)C[C@@]13C[C@@H](C(=O)Nc4ccn(CC(F)(F)F)n4)N(C(=O)C2)[C@@H]1[C@@H]3C. The zero-order chi connectivity index (χ0) is 39.6. The van der Waals surface area contributed by atoms with Crippen LogP contribution >= 0.6 is 0 Å². The van der Waals surface area contributed by atoms with Gasteiger partial charge in [-0.3, -0.25) is 28.5 Å². The third-order valence-electron chi connectivity index (χ3n) is 11.8. The fraction of sp³-hybridized carbons (Fsp3) is 0.538. The number of rotatable bonds is 5. The van der Waals surface area contributed by atoms with E-state index in [4.69, 9.17) is 5.10 Å². The number of aryl methyl sites for hydroxylation is 2. The van der Waals surface area contributed by atoms with Gasteiger partial charge in [-0.25, -0.2) is 9.97 Å². The van der Waals surface area contributed by atoms with Crippen molar-refractivity contribution >= 4 is 40.2 Å². The van der Waals surface area contributed by atoms with E-state index >= 15 is 0 Å². The fourth-order valence-electron chi connectivity index (χ4n) is 8.99. The highest BCUT2D eigenvalue weighted by Gasteiger charge is 2.73. The summed E-state index contributed by atoms with van der Waals surface area (Å²) in [5, 5.41) is 11.8. The van der Waals surface area contributed by atoms with Gasteiger partial charge in [0.15, 0.2) is 11.6 Å². The molecule has 2 fully saturated rings. The molecule has 292 valence electrons. The quantitative estimate of drug-likeness (QED) is 0.258. The molecule has 4 atom stereocenters. The maximum atomic E-state index is 14.7. The molecule has 2 bridgehead atoms. The summed E-state index contributed by atoms with van der Waals surface area (Å²) in [6.45, 7) is 7.87. The normalized spacial score (nSPS) is 24.5. The van der Waals surface area contributed by atoms with Gasteiger partial charge in [-0.05, 0) is 61.8 Å².